The highest BCUT2D eigenvalue weighted by Crippen LogP contribution is 2.28. The van der Waals surface area contributed by atoms with Crippen molar-refractivity contribution in [1.82, 2.24) is 15.5 Å². The minimum atomic E-state index is -1.23. The quantitative estimate of drug-likeness (QED) is 0.285. The maximum Gasteiger partial charge on any atom is 0.408 e. The summed E-state index contributed by atoms with van der Waals surface area (Å²) < 4.78 is 5.34. The Kier molecular flexibility index (Phi) is 13.2. The Balaban J connectivity index is 2.43. The first-order valence-corrected chi connectivity index (χ1v) is 14.7. The van der Waals surface area contributed by atoms with Gasteiger partial charge in [-0.15, -0.1) is 0 Å². The SMILES string of the molecule is CCCCCCCN(C(=O)C(CO)NC(=O)OC(C)(C)C)C(C(=O)NC1CCCCC1)c1ccc(C)cc1C. The standard InChI is InChI=1S/C31H51N3O5/c1-7-8-9-10-14-19-34(29(37)26(21-35)33-30(38)39-31(4,5)6)27(25-18-17-22(2)20-23(25)3)28(36)32-24-15-12-11-13-16-24/h17-18,20,24,26-27,35H,7-16,19,21H2,1-6H3,(H,32,36)(H,33,38). The molecule has 0 heterocycles. The number of aliphatic hydroxyl groups is 1. The number of carbonyl (C=O) groups is 3. The van der Waals surface area contributed by atoms with E-state index in [9.17, 15) is 19.5 Å². The lowest BCUT2D eigenvalue weighted by Gasteiger charge is -2.36. The molecule has 1 aromatic rings. The zero-order chi connectivity index (χ0) is 29.0. The summed E-state index contributed by atoms with van der Waals surface area (Å²) in [5, 5.41) is 15.9. The van der Waals surface area contributed by atoms with Crippen molar-refractivity contribution in [2.45, 2.75) is 129 Å². The monoisotopic (exact) mass is 545 g/mol. The largest absolute Gasteiger partial charge is 0.444 e. The summed E-state index contributed by atoms with van der Waals surface area (Å²) in [6, 6.07) is 3.86. The van der Waals surface area contributed by atoms with Gasteiger partial charge in [-0.05, 0) is 65.0 Å². The van der Waals surface area contributed by atoms with E-state index >= 15 is 0 Å². The summed E-state index contributed by atoms with van der Waals surface area (Å²) in [5.41, 5.74) is 1.99. The lowest BCUT2D eigenvalue weighted by atomic mass is 9.93. The van der Waals surface area contributed by atoms with E-state index in [1.807, 2.05) is 32.0 Å². The zero-order valence-electron chi connectivity index (χ0n) is 25.0. The molecule has 2 unspecified atom stereocenters. The number of aryl methyl sites for hydroxylation is 2. The number of rotatable bonds is 13. The van der Waals surface area contributed by atoms with Gasteiger partial charge in [-0.3, -0.25) is 9.59 Å². The Bertz CT molecular complexity index is 937. The van der Waals surface area contributed by atoms with Crippen molar-refractivity contribution in [2.24, 2.45) is 0 Å². The van der Waals surface area contributed by atoms with Crippen molar-refractivity contribution in [3.63, 3.8) is 0 Å². The van der Waals surface area contributed by atoms with Gasteiger partial charge < -0.3 is 25.4 Å². The van der Waals surface area contributed by atoms with Crippen LogP contribution in [0.3, 0.4) is 0 Å². The van der Waals surface area contributed by atoms with Gasteiger partial charge >= 0.3 is 6.09 Å². The summed E-state index contributed by atoms with van der Waals surface area (Å²) in [6.07, 6.45) is 9.28. The van der Waals surface area contributed by atoms with Crippen LogP contribution in [0.5, 0.6) is 0 Å². The van der Waals surface area contributed by atoms with Crippen LogP contribution in [0, 0.1) is 13.8 Å². The normalized spacial score (nSPS) is 15.8. The molecule has 8 heteroatoms. The molecular weight excluding hydrogens is 494 g/mol. The van der Waals surface area contributed by atoms with Crippen molar-refractivity contribution < 1.29 is 24.2 Å². The molecule has 3 N–H and O–H groups in total. The van der Waals surface area contributed by atoms with Crippen LogP contribution in [0.1, 0.15) is 115 Å². The Hall–Kier alpha value is -2.61. The van der Waals surface area contributed by atoms with Crippen LogP contribution in [0.25, 0.3) is 0 Å². The molecule has 0 saturated heterocycles. The second kappa shape index (κ2) is 15.8. The number of carbonyl (C=O) groups excluding carboxylic acids is 3. The molecule has 0 spiro atoms. The number of nitrogens with zero attached hydrogens (tertiary/aromatic N) is 1. The van der Waals surface area contributed by atoms with Crippen molar-refractivity contribution >= 4 is 17.9 Å². The number of hydrogen-bond acceptors (Lipinski definition) is 5. The Morgan fingerprint density at radius 2 is 1.72 bits per heavy atom. The maximum absolute atomic E-state index is 14.0. The highest BCUT2D eigenvalue weighted by Gasteiger charge is 2.37. The van der Waals surface area contributed by atoms with Gasteiger partial charge in [-0.25, -0.2) is 4.79 Å². The molecule has 1 fully saturated rings. The van der Waals surface area contributed by atoms with Crippen molar-refractivity contribution in [2.75, 3.05) is 13.2 Å². The van der Waals surface area contributed by atoms with E-state index in [0.29, 0.717) is 13.0 Å². The zero-order valence-corrected chi connectivity index (χ0v) is 25.0. The Labute approximate surface area is 235 Å². The summed E-state index contributed by atoms with van der Waals surface area (Å²) in [4.78, 5) is 42.0. The maximum atomic E-state index is 14.0. The second-order valence-corrected chi connectivity index (χ2v) is 11.9. The number of nitrogens with one attached hydrogen (secondary N) is 2. The van der Waals surface area contributed by atoms with E-state index in [1.165, 1.54) is 6.42 Å². The van der Waals surface area contributed by atoms with E-state index < -0.39 is 36.3 Å². The summed E-state index contributed by atoms with van der Waals surface area (Å²) in [5.74, 6) is -0.715. The fraction of sp³-hybridized carbons (Fsp3) is 0.710. The third-order valence-electron chi connectivity index (χ3n) is 7.19. The van der Waals surface area contributed by atoms with E-state index in [1.54, 1.807) is 25.7 Å². The van der Waals surface area contributed by atoms with Crippen LogP contribution < -0.4 is 10.6 Å². The van der Waals surface area contributed by atoms with Crippen LogP contribution in [0.4, 0.5) is 4.79 Å². The molecule has 8 nitrogen and oxygen atoms in total. The lowest BCUT2D eigenvalue weighted by Crippen LogP contribution is -2.55. The number of hydrogen-bond donors (Lipinski definition) is 3. The molecule has 0 aliphatic heterocycles. The second-order valence-electron chi connectivity index (χ2n) is 11.9. The molecule has 0 bridgehead atoms. The first-order chi connectivity index (χ1) is 18.5. The van der Waals surface area contributed by atoms with Crippen LogP contribution in [0.15, 0.2) is 18.2 Å². The third kappa shape index (κ3) is 10.8. The minimum Gasteiger partial charge on any atom is -0.444 e. The molecule has 2 atom stereocenters. The molecule has 1 saturated carbocycles. The number of alkyl carbamates (subject to hydrolysis) is 1. The summed E-state index contributed by atoms with van der Waals surface area (Å²) in [6.45, 7) is 11.0. The van der Waals surface area contributed by atoms with Crippen LogP contribution in [-0.2, 0) is 14.3 Å². The molecule has 1 aliphatic rings. The minimum absolute atomic E-state index is 0.0783. The number of aliphatic hydroxyl groups excluding tert-OH is 1. The van der Waals surface area contributed by atoms with Crippen LogP contribution in [0.2, 0.25) is 0 Å². The van der Waals surface area contributed by atoms with Crippen LogP contribution in [-0.4, -0.2) is 58.8 Å². The molecule has 0 radical (unpaired) electrons. The first-order valence-electron chi connectivity index (χ1n) is 14.7. The van der Waals surface area contributed by atoms with Crippen LogP contribution >= 0.6 is 0 Å². The fourth-order valence-electron chi connectivity index (χ4n) is 5.20. The number of benzene rings is 1. The smallest absolute Gasteiger partial charge is 0.408 e. The summed E-state index contributed by atoms with van der Waals surface area (Å²) >= 11 is 0. The lowest BCUT2D eigenvalue weighted by molar-refractivity contribution is -0.143. The number of ether oxygens (including phenoxy) is 1. The van der Waals surface area contributed by atoms with Crippen molar-refractivity contribution in [3.8, 4) is 0 Å². The van der Waals surface area contributed by atoms with Gasteiger partial charge in [0.25, 0.3) is 0 Å². The van der Waals surface area contributed by atoms with Gasteiger partial charge in [0, 0.05) is 12.6 Å². The van der Waals surface area contributed by atoms with E-state index in [2.05, 4.69) is 17.6 Å². The summed E-state index contributed by atoms with van der Waals surface area (Å²) in [7, 11) is 0. The van der Waals surface area contributed by atoms with Gasteiger partial charge in [0.15, 0.2) is 0 Å². The van der Waals surface area contributed by atoms with Gasteiger partial charge in [-0.1, -0.05) is 75.6 Å². The van der Waals surface area contributed by atoms with Gasteiger partial charge in [-0.2, -0.15) is 0 Å². The van der Waals surface area contributed by atoms with E-state index in [-0.39, 0.29) is 11.9 Å². The molecule has 2 rings (SSSR count). The molecule has 0 aromatic heterocycles. The fourth-order valence-corrected chi connectivity index (χ4v) is 5.20. The first kappa shape index (κ1) is 32.6. The van der Waals surface area contributed by atoms with Gasteiger partial charge in [0.2, 0.25) is 11.8 Å². The molecule has 1 aromatic carbocycles. The van der Waals surface area contributed by atoms with Gasteiger partial charge in [0.05, 0.1) is 6.61 Å². The third-order valence-corrected chi connectivity index (χ3v) is 7.19. The Morgan fingerprint density at radius 3 is 2.31 bits per heavy atom. The highest BCUT2D eigenvalue weighted by molar-refractivity contribution is 5.92. The van der Waals surface area contributed by atoms with Gasteiger partial charge in [0.1, 0.15) is 17.7 Å². The predicted octanol–water partition coefficient (Wildman–Crippen LogP) is 5.48. The number of amides is 3. The molecule has 220 valence electrons. The van der Waals surface area contributed by atoms with Crippen molar-refractivity contribution in [3.05, 3.63) is 34.9 Å². The molecule has 1 aliphatic carbocycles. The predicted molar refractivity (Wildman–Crippen MR) is 154 cm³/mol. The van der Waals surface area contributed by atoms with Crippen molar-refractivity contribution in [1.29, 1.82) is 0 Å². The Morgan fingerprint density at radius 1 is 1.05 bits per heavy atom. The average Bonchev–Trinajstić information content (AvgIpc) is 2.86. The van der Waals surface area contributed by atoms with E-state index in [0.717, 1.165) is 68.1 Å². The number of unbranched alkanes of at least 4 members (excludes halogenated alkanes) is 4. The molecule has 3 amide bonds. The van der Waals surface area contributed by atoms with E-state index in [4.69, 9.17) is 4.74 Å². The topological polar surface area (TPSA) is 108 Å². The molecule has 39 heavy (non-hydrogen) atoms. The average molecular weight is 546 g/mol. The highest BCUT2D eigenvalue weighted by atomic mass is 16.6. The molecular formula is C31H51N3O5.